The predicted molar refractivity (Wildman–Crippen MR) is 114 cm³/mol. The van der Waals surface area contributed by atoms with Gasteiger partial charge in [-0.05, 0) is 48.1 Å². The minimum atomic E-state index is -0.300. The Morgan fingerprint density at radius 1 is 1.11 bits per heavy atom. The van der Waals surface area contributed by atoms with E-state index in [9.17, 15) is 4.79 Å². The molecule has 7 heteroatoms. The number of nitrogens with zero attached hydrogens (tertiary/aromatic N) is 1. The third kappa shape index (κ3) is 5.79. The number of carbonyl (C=O) groups is 1. The van der Waals surface area contributed by atoms with Gasteiger partial charge in [0.25, 0.3) is 0 Å². The molecule has 0 aromatic heterocycles. The van der Waals surface area contributed by atoms with Gasteiger partial charge in [0.15, 0.2) is 5.11 Å². The molecule has 1 saturated heterocycles. The van der Waals surface area contributed by atoms with Crippen molar-refractivity contribution in [2.24, 2.45) is 0 Å². The molecule has 140 valence electrons. The Morgan fingerprint density at radius 2 is 1.81 bits per heavy atom. The second-order valence-electron chi connectivity index (χ2n) is 5.94. The molecule has 0 atom stereocenters. The molecule has 1 heterocycles. The fourth-order valence-corrected chi connectivity index (χ4v) is 3.05. The maximum atomic E-state index is 12.1. The summed E-state index contributed by atoms with van der Waals surface area (Å²) in [7, 11) is 0. The molecule has 1 fully saturated rings. The summed E-state index contributed by atoms with van der Waals surface area (Å²) in [5.74, 6) is -0.300. The van der Waals surface area contributed by atoms with E-state index in [1.807, 2.05) is 36.4 Å². The van der Waals surface area contributed by atoms with Crippen LogP contribution in [0, 0.1) is 0 Å². The zero-order valence-electron chi connectivity index (χ0n) is 14.7. The van der Waals surface area contributed by atoms with Crippen molar-refractivity contribution in [3.8, 4) is 0 Å². The van der Waals surface area contributed by atoms with Crippen LogP contribution in [-0.2, 0) is 9.53 Å². The zero-order chi connectivity index (χ0) is 19.1. The van der Waals surface area contributed by atoms with Crippen molar-refractivity contribution in [3.63, 3.8) is 0 Å². The number of para-hydroxylation sites is 2. The average Bonchev–Trinajstić information content (AvgIpc) is 2.68. The molecule has 2 aromatic rings. The van der Waals surface area contributed by atoms with Crippen LogP contribution in [0.1, 0.15) is 5.56 Å². The first-order valence-corrected chi connectivity index (χ1v) is 9.38. The molecule has 27 heavy (non-hydrogen) atoms. The van der Waals surface area contributed by atoms with Gasteiger partial charge < -0.3 is 15.0 Å². The first-order valence-electron chi connectivity index (χ1n) is 8.59. The number of rotatable bonds is 4. The topological polar surface area (TPSA) is 53.6 Å². The SMILES string of the molecule is O=C(/C=C/c1ccc(Cl)cc1)NC(=S)Nc1ccccc1N1CCOCC1. The lowest BCUT2D eigenvalue weighted by atomic mass is 10.2. The van der Waals surface area contributed by atoms with E-state index < -0.39 is 0 Å². The number of hydrogen-bond acceptors (Lipinski definition) is 4. The summed E-state index contributed by atoms with van der Waals surface area (Å²) < 4.78 is 5.40. The maximum Gasteiger partial charge on any atom is 0.250 e. The highest BCUT2D eigenvalue weighted by Crippen LogP contribution is 2.26. The van der Waals surface area contributed by atoms with Crippen LogP contribution in [0.2, 0.25) is 5.02 Å². The monoisotopic (exact) mass is 401 g/mol. The van der Waals surface area contributed by atoms with Gasteiger partial charge in [0.1, 0.15) is 0 Å². The smallest absolute Gasteiger partial charge is 0.250 e. The summed E-state index contributed by atoms with van der Waals surface area (Å²) in [5, 5.41) is 6.68. The van der Waals surface area contributed by atoms with Gasteiger partial charge in [0, 0.05) is 24.2 Å². The number of benzene rings is 2. The predicted octanol–water partition coefficient (Wildman–Crippen LogP) is 3.70. The molecule has 1 aliphatic heterocycles. The molecular weight excluding hydrogens is 382 g/mol. The number of carbonyl (C=O) groups excluding carboxylic acids is 1. The van der Waals surface area contributed by atoms with Gasteiger partial charge in [0.2, 0.25) is 5.91 Å². The lowest BCUT2D eigenvalue weighted by Crippen LogP contribution is -2.37. The molecule has 0 bridgehead atoms. The summed E-state index contributed by atoms with van der Waals surface area (Å²) in [6.45, 7) is 3.04. The minimum absolute atomic E-state index is 0.251. The van der Waals surface area contributed by atoms with Crippen LogP contribution in [-0.4, -0.2) is 37.3 Å². The van der Waals surface area contributed by atoms with Gasteiger partial charge in [-0.1, -0.05) is 35.9 Å². The quantitative estimate of drug-likeness (QED) is 0.604. The Morgan fingerprint density at radius 3 is 2.56 bits per heavy atom. The van der Waals surface area contributed by atoms with Crippen LogP contribution < -0.4 is 15.5 Å². The van der Waals surface area contributed by atoms with E-state index in [1.165, 1.54) is 6.08 Å². The highest BCUT2D eigenvalue weighted by Gasteiger charge is 2.15. The number of hydrogen-bond donors (Lipinski definition) is 2. The van der Waals surface area contributed by atoms with Gasteiger partial charge in [0.05, 0.1) is 24.6 Å². The van der Waals surface area contributed by atoms with Crippen LogP contribution in [0.4, 0.5) is 11.4 Å². The van der Waals surface area contributed by atoms with Crippen molar-refractivity contribution in [1.29, 1.82) is 0 Å². The van der Waals surface area contributed by atoms with E-state index in [2.05, 4.69) is 15.5 Å². The van der Waals surface area contributed by atoms with Crippen molar-refractivity contribution in [1.82, 2.24) is 5.32 Å². The van der Waals surface area contributed by atoms with Crippen LogP contribution >= 0.6 is 23.8 Å². The third-order valence-electron chi connectivity index (χ3n) is 4.04. The third-order valence-corrected chi connectivity index (χ3v) is 4.49. The zero-order valence-corrected chi connectivity index (χ0v) is 16.2. The molecule has 3 rings (SSSR count). The molecule has 0 unspecified atom stereocenters. The standard InChI is InChI=1S/C20H20ClN3O2S/c21-16-8-5-15(6-9-16)7-10-19(25)23-20(27)22-17-3-1-2-4-18(17)24-11-13-26-14-12-24/h1-10H,11-14H2,(H2,22,23,25,27)/b10-7+. The molecule has 1 aliphatic rings. The number of ether oxygens (including phenoxy) is 1. The number of anilines is 2. The molecular formula is C20H20ClN3O2S. The van der Waals surface area contributed by atoms with Gasteiger partial charge in [-0.2, -0.15) is 0 Å². The van der Waals surface area contributed by atoms with Crippen molar-refractivity contribution >= 4 is 52.3 Å². The Hall–Kier alpha value is -2.41. The number of amides is 1. The Bertz CT molecular complexity index is 833. The van der Waals surface area contributed by atoms with E-state index in [1.54, 1.807) is 18.2 Å². The number of nitrogens with one attached hydrogen (secondary N) is 2. The minimum Gasteiger partial charge on any atom is -0.378 e. The van der Waals surface area contributed by atoms with Gasteiger partial charge in [-0.15, -0.1) is 0 Å². The maximum absolute atomic E-state index is 12.1. The van der Waals surface area contributed by atoms with Crippen LogP contribution in [0.15, 0.2) is 54.6 Å². The first-order chi connectivity index (χ1) is 13.1. The summed E-state index contributed by atoms with van der Waals surface area (Å²) in [6, 6.07) is 15.1. The fourth-order valence-electron chi connectivity index (χ4n) is 2.71. The van der Waals surface area contributed by atoms with Crippen molar-refractivity contribution < 1.29 is 9.53 Å². The highest BCUT2D eigenvalue weighted by atomic mass is 35.5. The number of thiocarbonyl (C=S) groups is 1. The summed E-state index contributed by atoms with van der Waals surface area (Å²) >= 11 is 11.1. The Kier molecular flexibility index (Phi) is 6.81. The second kappa shape index (κ2) is 9.50. The Labute approximate surface area is 169 Å². The molecule has 5 nitrogen and oxygen atoms in total. The highest BCUT2D eigenvalue weighted by molar-refractivity contribution is 7.80. The molecule has 0 spiro atoms. The van der Waals surface area contributed by atoms with Gasteiger partial charge in [-0.25, -0.2) is 0 Å². The first kappa shape index (κ1) is 19.4. The van der Waals surface area contributed by atoms with E-state index in [4.69, 9.17) is 28.6 Å². The van der Waals surface area contributed by atoms with E-state index in [-0.39, 0.29) is 11.0 Å². The molecule has 0 radical (unpaired) electrons. The molecule has 2 aromatic carbocycles. The van der Waals surface area contributed by atoms with Crippen LogP contribution in [0.5, 0.6) is 0 Å². The van der Waals surface area contributed by atoms with Gasteiger partial charge >= 0.3 is 0 Å². The van der Waals surface area contributed by atoms with Crippen molar-refractivity contribution in [2.45, 2.75) is 0 Å². The summed E-state index contributed by atoms with van der Waals surface area (Å²) in [4.78, 5) is 14.3. The number of halogens is 1. The van der Waals surface area contributed by atoms with E-state index in [0.29, 0.717) is 18.2 Å². The van der Waals surface area contributed by atoms with Crippen molar-refractivity contribution in [3.05, 3.63) is 65.2 Å². The van der Waals surface area contributed by atoms with E-state index in [0.717, 1.165) is 30.0 Å². The number of morpholine rings is 1. The van der Waals surface area contributed by atoms with E-state index >= 15 is 0 Å². The second-order valence-corrected chi connectivity index (χ2v) is 6.79. The lowest BCUT2D eigenvalue weighted by molar-refractivity contribution is -0.115. The normalized spacial score (nSPS) is 14.2. The average molecular weight is 402 g/mol. The molecule has 1 amide bonds. The van der Waals surface area contributed by atoms with Crippen LogP contribution in [0.3, 0.4) is 0 Å². The molecule has 0 aliphatic carbocycles. The summed E-state index contributed by atoms with van der Waals surface area (Å²) in [5.41, 5.74) is 2.77. The van der Waals surface area contributed by atoms with Gasteiger partial charge in [-0.3, -0.25) is 10.1 Å². The summed E-state index contributed by atoms with van der Waals surface area (Å²) in [6.07, 6.45) is 3.14. The molecule has 0 saturated carbocycles. The lowest BCUT2D eigenvalue weighted by Gasteiger charge is -2.30. The largest absolute Gasteiger partial charge is 0.378 e. The van der Waals surface area contributed by atoms with Crippen LogP contribution in [0.25, 0.3) is 6.08 Å². The van der Waals surface area contributed by atoms with Crippen molar-refractivity contribution in [2.75, 3.05) is 36.5 Å². The molecule has 2 N–H and O–H groups in total. The fraction of sp³-hybridized carbons (Fsp3) is 0.200. The Balaban J connectivity index is 1.59.